The summed E-state index contributed by atoms with van der Waals surface area (Å²) in [5, 5.41) is 9.84. The quantitative estimate of drug-likeness (QED) is 0.351. The molecule has 1 N–H and O–H groups in total. The highest BCUT2D eigenvalue weighted by molar-refractivity contribution is 7.10. The molecule has 6 nitrogen and oxygen atoms in total. The molecule has 4 aromatic rings. The fourth-order valence-electron chi connectivity index (χ4n) is 4.12. The van der Waals surface area contributed by atoms with Crippen LogP contribution in [0, 0.1) is 13.8 Å². The van der Waals surface area contributed by atoms with Crippen molar-refractivity contribution in [2.75, 3.05) is 11.9 Å². The van der Waals surface area contributed by atoms with Gasteiger partial charge in [0.15, 0.2) is 0 Å². The van der Waals surface area contributed by atoms with E-state index >= 15 is 0 Å². The molecular formula is C28H30N4O2S. The predicted octanol–water partition coefficient (Wildman–Crippen LogP) is 5.64. The smallest absolute Gasteiger partial charge is 0.245 e. The van der Waals surface area contributed by atoms with Gasteiger partial charge in [-0.3, -0.25) is 9.59 Å². The van der Waals surface area contributed by atoms with Crippen LogP contribution in [0.1, 0.15) is 30.0 Å². The van der Waals surface area contributed by atoms with Crippen LogP contribution in [0.3, 0.4) is 0 Å². The molecule has 0 fully saturated rings. The fourth-order valence-corrected chi connectivity index (χ4v) is 4.81. The molecule has 0 unspecified atom stereocenters. The number of amides is 2. The zero-order valence-corrected chi connectivity index (χ0v) is 21.3. The molecule has 0 spiro atoms. The molecule has 0 aliphatic heterocycles. The first-order valence-corrected chi connectivity index (χ1v) is 12.6. The van der Waals surface area contributed by atoms with Crippen LogP contribution in [0.4, 0.5) is 5.82 Å². The number of benzene rings is 2. The predicted molar refractivity (Wildman–Crippen MR) is 142 cm³/mol. The maximum Gasteiger partial charge on any atom is 0.245 e. The first kappa shape index (κ1) is 24.4. The number of hydrogen-bond acceptors (Lipinski definition) is 4. The van der Waals surface area contributed by atoms with Crippen LogP contribution in [-0.4, -0.2) is 39.1 Å². The van der Waals surface area contributed by atoms with Crippen LogP contribution in [-0.2, 0) is 16.0 Å². The van der Waals surface area contributed by atoms with Crippen LogP contribution in [0.15, 0.2) is 72.1 Å². The summed E-state index contributed by atoms with van der Waals surface area (Å²) < 4.78 is 1.79. The summed E-state index contributed by atoms with van der Waals surface area (Å²) in [7, 11) is 0. The van der Waals surface area contributed by atoms with Crippen molar-refractivity contribution < 1.29 is 9.59 Å². The second-order valence-electron chi connectivity index (χ2n) is 8.79. The average molecular weight is 487 g/mol. The lowest BCUT2D eigenvalue weighted by atomic mass is 10.1. The molecule has 0 radical (unpaired) electrons. The number of aromatic nitrogens is 2. The highest BCUT2D eigenvalue weighted by Gasteiger charge is 2.24. The maximum absolute atomic E-state index is 13.4. The van der Waals surface area contributed by atoms with E-state index in [-0.39, 0.29) is 24.4 Å². The van der Waals surface area contributed by atoms with Gasteiger partial charge in [0.25, 0.3) is 0 Å². The third kappa shape index (κ3) is 5.52. The Hall–Kier alpha value is -3.71. The number of thiophene rings is 1. The Morgan fingerprint density at radius 1 is 1.00 bits per heavy atom. The minimum atomic E-state index is -0.259. The average Bonchev–Trinajstić information content (AvgIpc) is 3.45. The topological polar surface area (TPSA) is 67.2 Å². The Labute approximate surface area is 210 Å². The summed E-state index contributed by atoms with van der Waals surface area (Å²) in [4.78, 5) is 29.0. The van der Waals surface area contributed by atoms with Gasteiger partial charge in [0.2, 0.25) is 11.8 Å². The molecule has 2 aromatic carbocycles. The number of anilines is 1. The van der Waals surface area contributed by atoms with Crippen LogP contribution in [0.2, 0.25) is 0 Å². The van der Waals surface area contributed by atoms with Gasteiger partial charge in [0, 0.05) is 16.5 Å². The lowest BCUT2D eigenvalue weighted by Crippen LogP contribution is -2.43. The van der Waals surface area contributed by atoms with Crippen molar-refractivity contribution >= 4 is 29.0 Å². The zero-order chi connectivity index (χ0) is 24.9. The lowest BCUT2D eigenvalue weighted by molar-refractivity contribution is -0.135. The van der Waals surface area contributed by atoms with E-state index < -0.39 is 0 Å². The second kappa shape index (κ2) is 10.7. The molecule has 0 saturated heterocycles. The molecule has 2 heterocycles. The van der Waals surface area contributed by atoms with Gasteiger partial charge >= 0.3 is 0 Å². The number of carbonyl (C=O) groups excluding carboxylic acids is 2. The van der Waals surface area contributed by atoms with Gasteiger partial charge in [-0.1, -0.05) is 54.6 Å². The van der Waals surface area contributed by atoms with Crippen molar-refractivity contribution in [3.05, 3.63) is 88.2 Å². The molecule has 0 aliphatic rings. The monoisotopic (exact) mass is 486 g/mol. The Morgan fingerprint density at radius 3 is 2.37 bits per heavy atom. The van der Waals surface area contributed by atoms with Gasteiger partial charge in [0.05, 0.1) is 17.8 Å². The van der Waals surface area contributed by atoms with E-state index in [1.54, 1.807) is 20.9 Å². The minimum absolute atomic E-state index is 0.0336. The Balaban J connectivity index is 1.67. The van der Waals surface area contributed by atoms with Gasteiger partial charge < -0.3 is 10.2 Å². The van der Waals surface area contributed by atoms with Gasteiger partial charge in [-0.15, -0.1) is 11.3 Å². The normalized spacial score (nSPS) is 11.0. The van der Waals surface area contributed by atoms with Gasteiger partial charge in [-0.2, -0.15) is 5.10 Å². The highest BCUT2D eigenvalue weighted by atomic mass is 32.1. The number of carbonyl (C=O) groups is 2. The molecule has 35 heavy (non-hydrogen) atoms. The summed E-state index contributed by atoms with van der Waals surface area (Å²) >= 11 is 1.55. The van der Waals surface area contributed by atoms with Gasteiger partial charge in [0.1, 0.15) is 12.4 Å². The lowest BCUT2D eigenvalue weighted by Gasteiger charge is -2.26. The second-order valence-corrected chi connectivity index (χ2v) is 9.83. The number of nitrogens with zero attached hydrogens (tertiary/aromatic N) is 3. The Morgan fingerprint density at radius 2 is 1.71 bits per heavy atom. The fraction of sp³-hybridized carbons (Fsp3) is 0.250. The molecule has 7 heteroatoms. The van der Waals surface area contributed by atoms with Crippen molar-refractivity contribution in [3.63, 3.8) is 0 Å². The number of para-hydroxylation sites is 1. The SMILES string of the molecule is Cc1ccccc1-n1nc(C)c(-c2ccccc2)c1NC(=O)CN(C(=O)Cc1cccs1)C(C)C. The number of hydrogen-bond donors (Lipinski definition) is 1. The summed E-state index contributed by atoms with van der Waals surface area (Å²) in [5.74, 6) is 0.275. The first-order chi connectivity index (χ1) is 16.8. The van der Waals surface area contributed by atoms with Crippen molar-refractivity contribution in [1.82, 2.24) is 14.7 Å². The summed E-state index contributed by atoms with van der Waals surface area (Å²) in [6.45, 7) is 7.78. The number of aryl methyl sites for hydroxylation is 2. The number of nitrogens with one attached hydrogen (secondary N) is 1. The van der Waals surface area contributed by atoms with E-state index in [0.717, 1.165) is 32.9 Å². The van der Waals surface area contributed by atoms with Crippen molar-refractivity contribution in [1.29, 1.82) is 0 Å². The molecular weight excluding hydrogens is 456 g/mol. The first-order valence-electron chi connectivity index (χ1n) is 11.7. The molecule has 0 saturated carbocycles. The van der Waals surface area contributed by atoms with E-state index in [0.29, 0.717) is 12.2 Å². The summed E-state index contributed by atoms with van der Waals surface area (Å²) in [5.41, 5.74) is 4.57. The molecule has 2 amide bonds. The van der Waals surface area contributed by atoms with Gasteiger partial charge in [-0.05, 0) is 56.3 Å². The zero-order valence-electron chi connectivity index (χ0n) is 20.5. The van der Waals surface area contributed by atoms with E-state index in [9.17, 15) is 9.59 Å². The van der Waals surface area contributed by atoms with Crippen LogP contribution >= 0.6 is 11.3 Å². The van der Waals surface area contributed by atoms with E-state index in [1.165, 1.54) is 0 Å². The molecule has 0 bridgehead atoms. The third-order valence-corrected chi connectivity index (χ3v) is 6.76. The van der Waals surface area contributed by atoms with E-state index in [2.05, 4.69) is 5.32 Å². The van der Waals surface area contributed by atoms with Crippen molar-refractivity contribution in [3.8, 4) is 16.8 Å². The minimum Gasteiger partial charge on any atom is -0.331 e. The Bertz CT molecular complexity index is 1310. The summed E-state index contributed by atoms with van der Waals surface area (Å²) in [6, 6.07) is 21.6. The van der Waals surface area contributed by atoms with Crippen LogP contribution < -0.4 is 5.32 Å². The molecule has 4 rings (SSSR count). The number of rotatable bonds is 8. The van der Waals surface area contributed by atoms with Crippen molar-refractivity contribution in [2.24, 2.45) is 0 Å². The Kier molecular flexibility index (Phi) is 7.46. The molecule has 2 aromatic heterocycles. The van der Waals surface area contributed by atoms with Crippen LogP contribution in [0.25, 0.3) is 16.8 Å². The largest absolute Gasteiger partial charge is 0.331 e. The third-order valence-electron chi connectivity index (χ3n) is 5.89. The molecule has 0 aliphatic carbocycles. The summed E-state index contributed by atoms with van der Waals surface area (Å²) in [6.07, 6.45) is 0.290. The molecule has 0 atom stereocenters. The maximum atomic E-state index is 13.4. The standard InChI is InChI=1S/C28H30N4O2S/c1-19(2)31(26(34)17-23-14-10-16-35-23)18-25(33)29-28-27(22-12-6-5-7-13-22)21(4)30-32(28)24-15-9-8-11-20(24)3/h5-16,19H,17-18H2,1-4H3,(H,29,33). The van der Waals surface area contributed by atoms with Gasteiger partial charge in [-0.25, -0.2) is 4.68 Å². The van der Waals surface area contributed by atoms with E-state index in [1.807, 2.05) is 99.8 Å². The van der Waals surface area contributed by atoms with E-state index in [4.69, 9.17) is 5.10 Å². The highest BCUT2D eigenvalue weighted by Crippen LogP contribution is 2.34. The molecule has 180 valence electrons. The van der Waals surface area contributed by atoms with Crippen molar-refractivity contribution in [2.45, 2.75) is 40.2 Å². The van der Waals surface area contributed by atoms with Crippen LogP contribution in [0.5, 0.6) is 0 Å².